The van der Waals surface area contributed by atoms with Gasteiger partial charge < -0.3 is 10.2 Å². The van der Waals surface area contributed by atoms with Gasteiger partial charge in [-0.2, -0.15) is 0 Å². The minimum absolute atomic E-state index is 0.914. The fraction of sp³-hybridized carbons (Fsp3) is 1.00. The first-order valence-electron chi connectivity index (χ1n) is 7.79. The molecule has 1 aliphatic carbocycles. The van der Waals surface area contributed by atoms with Crippen molar-refractivity contribution in [3.63, 3.8) is 0 Å². The van der Waals surface area contributed by atoms with Gasteiger partial charge in [0.2, 0.25) is 0 Å². The van der Waals surface area contributed by atoms with Crippen LogP contribution in [-0.4, -0.2) is 37.1 Å². The molecular weight excluding hydrogens is 208 g/mol. The van der Waals surface area contributed by atoms with Crippen LogP contribution < -0.4 is 5.32 Å². The number of hydrogen-bond donors (Lipinski definition) is 1. The van der Waals surface area contributed by atoms with Gasteiger partial charge in [-0.25, -0.2) is 0 Å². The first-order valence-corrected chi connectivity index (χ1v) is 7.79. The summed E-state index contributed by atoms with van der Waals surface area (Å²) in [6.45, 7) is 9.79. The largest absolute Gasteiger partial charge is 0.316 e. The Morgan fingerprint density at radius 2 is 1.82 bits per heavy atom. The van der Waals surface area contributed by atoms with Gasteiger partial charge in [-0.3, -0.25) is 0 Å². The fourth-order valence-corrected chi connectivity index (χ4v) is 3.43. The van der Waals surface area contributed by atoms with Gasteiger partial charge in [-0.05, 0) is 70.1 Å². The highest BCUT2D eigenvalue weighted by Crippen LogP contribution is 2.34. The molecule has 1 heterocycles. The summed E-state index contributed by atoms with van der Waals surface area (Å²) in [6.07, 6.45) is 8.45. The van der Waals surface area contributed by atoms with E-state index in [1.807, 2.05) is 0 Å². The van der Waals surface area contributed by atoms with Crippen LogP contribution in [0.3, 0.4) is 0 Å². The van der Waals surface area contributed by atoms with E-state index in [4.69, 9.17) is 0 Å². The predicted octanol–water partition coefficient (Wildman–Crippen LogP) is 2.89. The molecule has 0 amide bonds. The smallest absolute Gasteiger partial charge is 0.0136 e. The normalized spacial score (nSPS) is 31.4. The van der Waals surface area contributed by atoms with E-state index >= 15 is 0 Å². The Hall–Kier alpha value is -0.0800. The molecule has 2 aliphatic rings. The summed E-state index contributed by atoms with van der Waals surface area (Å²) in [6, 6.07) is 0.914. The molecule has 2 fully saturated rings. The Bertz CT molecular complexity index is 209. The van der Waals surface area contributed by atoms with Crippen molar-refractivity contribution in [3.8, 4) is 0 Å². The first-order chi connectivity index (χ1) is 8.35. The van der Waals surface area contributed by atoms with E-state index in [2.05, 4.69) is 24.1 Å². The number of nitrogens with zero attached hydrogens (tertiary/aromatic N) is 1. The Kier molecular flexibility index (Phi) is 5.30. The molecule has 0 radical (unpaired) electrons. The molecule has 1 saturated carbocycles. The Balaban J connectivity index is 1.68. The molecule has 1 N–H and O–H groups in total. The fourth-order valence-electron chi connectivity index (χ4n) is 3.43. The molecule has 0 spiro atoms. The van der Waals surface area contributed by atoms with Crippen LogP contribution in [0, 0.1) is 11.8 Å². The molecular formula is C15H30N2. The summed E-state index contributed by atoms with van der Waals surface area (Å²) in [7, 11) is 0. The average Bonchev–Trinajstić information content (AvgIpc) is 2.34. The summed E-state index contributed by atoms with van der Waals surface area (Å²) < 4.78 is 0. The number of nitrogens with one attached hydrogen (secondary N) is 1. The lowest BCUT2D eigenvalue weighted by Gasteiger charge is -2.47. The van der Waals surface area contributed by atoms with E-state index in [1.165, 1.54) is 64.7 Å². The van der Waals surface area contributed by atoms with Gasteiger partial charge in [0.25, 0.3) is 0 Å². The molecule has 2 unspecified atom stereocenters. The molecule has 2 rings (SSSR count). The SMILES string of the molecule is CCCNCC1CCC1N1CCC(CC)CC1. The third kappa shape index (κ3) is 3.45. The second-order valence-electron chi connectivity index (χ2n) is 6.00. The van der Waals surface area contributed by atoms with Crippen molar-refractivity contribution in [3.05, 3.63) is 0 Å². The quantitative estimate of drug-likeness (QED) is 0.716. The van der Waals surface area contributed by atoms with Crippen LogP contribution in [0.15, 0.2) is 0 Å². The summed E-state index contributed by atoms with van der Waals surface area (Å²) >= 11 is 0. The maximum Gasteiger partial charge on any atom is 0.0136 e. The van der Waals surface area contributed by atoms with Gasteiger partial charge in [0, 0.05) is 6.04 Å². The molecule has 0 aromatic rings. The van der Waals surface area contributed by atoms with E-state index in [1.54, 1.807) is 0 Å². The van der Waals surface area contributed by atoms with Crippen molar-refractivity contribution in [2.45, 2.75) is 58.4 Å². The molecule has 2 heteroatoms. The maximum absolute atomic E-state index is 3.60. The van der Waals surface area contributed by atoms with E-state index in [0.717, 1.165) is 17.9 Å². The highest BCUT2D eigenvalue weighted by molar-refractivity contribution is 4.91. The summed E-state index contributed by atoms with van der Waals surface area (Å²) in [5, 5.41) is 3.60. The maximum atomic E-state index is 3.60. The van der Waals surface area contributed by atoms with E-state index in [9.17, 15) is 0 Å². The van der Waals surface area contributed by atoms with Gasteiger partial charge in [-0.1, -0.05) is 20.3 Å². The van der Waals surface area contributed by atoms with Gasteiger partial charge in [0.15, 0.2) is 0 Å². The van der Waals surface area contributed by atoms with Crippen LogP contribution in [0.5, 0.6) is 0 Å². The van der Waals surface area contributed by atoms with Crippen molar-refractivity contribution < 1.29 is 0 Å². The van der Waals surface area contributed by atoms with Crippen LogP contribution in [0.1, 0.15) is 52.4 Å². The van der Waals surface area contributed by atoms with E-state index in [0.29, 0.717) is 0 Å². The lowest BCUT2D eigenvalue weighted by atomic mass is 9.77. The topological polar surface area (TPSA) is 15.3 Å². The minimum atomic E-state index is 0.914. The van der Waals surface area contributed by atoms with E-state index < -0.39 is 0 Å². The lowest BCUT2D eigenvalue weighted by Crippen LogP contribution is -2.52. The van der Waals surface area contributed by atoms with Gasteiger partial charge in [0.1, 0.15) is 0 Å². The Morgan fingerprint density at radius 3 is 2.35 bits per heavy atom. The molecule has 17 heavy (non-hydrogen) atoms. The molecule has 0 aromatic carbocycles. The molecule has 1 saturated heterocycles. The molecule has 0 aromatic heterocycles. The minimum Gasteiger partial charge on any atom is -0.316 e. The van der Waals surface area contributed by atoms with E-state index in [-0.39, 0.29) is 0 Å². The Morgan fingerprint density at radius 1 is 1.06 bits per heavy atom. The second kappa shape index (κ2) is 6.75. The summed E-state index contributed by atoms with van der Waals surface area (Å²) in [5.74, 6) is 1.96. The zero-order chi connectivity index (χ0) is 12.1. The number of likely N-dealkylation sites (tertiary alicyclic amines) is 1. The second-order valence-corrected chi connectivity index (χ2v) is 6.00. The van der Waals surface area contributed by atoms with Gasteiger partial charge >= 0.3 is 0 Å². The molecule has 1 aliphatic heterocycles. The summed E-state index contributed by atoms with van der Waals surface area (Å²) in [4.78, 5) is 2.79. The molecule has 2 nitrogen and oxygen atoms in total. The molecule has 100 valence electrons. The predicted molar refractivity (Wildman–Crippen MR) is 74.3 cm³/mol. The highest BCUT2D eigenvalue weighted by Gasteiger charge is 2.36. The number of piperidine rings is 1. The van der Waals surface area contributed by atoms with Crippen molar-refractivity contribution >= 4 is 0 Å². The van der Waals surface area contributed by atoms with Gasteiger partial charge in [0.05, 0.1) is 0 Å². The van der Waals surface area contributed by atoms with Crippen molar-refractivity contribution in [2.24, 2.45) is 11.8 Å². The number of hydrogen-bond acceptors (Lipinski definition) is 2. The number of rotatable bonds is 6. The molecule has 0 bridgehead atoms. The highest BCUT2D eigenvalue weighted by atomic mass is 15.2. The van der Waals surface area contributed by atoms with Crippen LogP contribution in [0.25, 0.3) is 0 Å². The van der Waals surface area contributed by atoms with Crippen molar-refractivity contribution in [2.75, 3.05) is 26.2 Å². The lowest BCUT2D eigenvalue weighted by molar-refractivity contribution is 0.0340. The summed E-state index contributed by atoms with van der Waals surface area (Å²) in [5.41, 5.74) is 0. The average molecular weight is 238 g/mol. The van der Waals surface area contributed by atoms with Crippen molar-refractivity contribution in [1.29, 1.82) is 0 Å². The Labute approximate surface area is 107 Å². The van der Waals surface area contributed by atoms with Crippen LogP contribution in [0.2, 0.25) is 0 Å². The van der Waals surface area contributed by atoms with Crippen LogP contribution in [-0.2, 0) is 0 Å². The van der Waals surface area contributed by atoms with Crippen molar-refractivity contribution in [1.82, 2.24) is 10.2 Å². The zero-order valence-electron chi connectivity index (χ0n) is 11.8. The monoisotopic (exact) mass is 238 g/mol. The van der Waals surface area contributed by atoms with Crippen LogP contribution in [0.4, 0.5) is 0 Å². The third-order valence-electron chi connectivity index (χ3n) is 4.91. The third-order valence-corrected chi connectivity index (χ3v) is 4.91. The first kappa shape index (κ1) is 13.4. The zero-order valence-corrected chi connectivity index (χ0v) is 11.8. The van der Waals surface area contributed by atoms with Gasteiger partial charge in [-0.15, -0.1) is 0 Å². The molecule has 2 atom stereocenters. The standard InChI is InChI=1S/C15H30N2/c1-3-9-16-12-14-5-6-15(14)17-10-7-13(4-2)8-11-17/h13-16H,3-12H2,1-2H3. The van der Waals surface area contributed by atoms with Crippen LogP contribution >= 0.6 is 0 Å².